The van der Waals surface area contributed by atoms with Crippen LogP contribution in [0.1, 0.15) is 16.3 Å². The fraction of sp³-hybridized carbons (Fsp3) is 0.312. The van der Waals surface area contributed by atoms with Crippen molar-refractivity contribution in [2.45, 2.75) is 19.9 Å². The monoisotopic (exact) mass is 351 g/mol. The highest BCUT2D eigenvalue weighted by Gasteiger charge is 2.35. The maximum absolute atomic E-state index is 13.3. The molecule has 0 aliphatic carbocycles. The highest BCUT2D eigenvalue weighted by molar-refractivity contribution is 7.11. The summed E-state index contributed by atoms with van der Waals surface area (Å²) in [6.07, 6.45) is 1.72. The van der Waals surface area contributed by atoms with Gasteiger partial charge >= 0.3 is 0 Å². The number of benzene rings is 1. The molecule has 1 aliphatic heterocycles. The number of nitrogens with zero attached hydrogens (tertiary/aromatic N) is 2. The van der Waals surface area contributed by atoms with Gasteiger partial charge in [0.15, 0.2) is 0 Å². The van der Waals surface area contributed by atoms with Gasteiger partial charge in [-0.25, -0.2) is 13.8 Å². The molecule has 0 spiro atoms. The Kier molecular flexibility index (Phi) is 4.57. The van der Waals surface area contributed by atoms with Crippen LogP contribution in [0, 0.1) is 24.5 Å². The Morgan fingerprint density at radius 3 is 2.71 bits per heavy atom. The lowest BCUT2D eigenvalue weighted by molar-refractivity contribution is -0.126. The number of halogens is 2. The van der Waals surface area contributed by atoms with Crippen LogP contribution < -0.4 is 10.2 Å². The third kappa shape index (κ3) is 3.59. The Labute approximate surface area is 141 Å². The van der Waals surface area contributed by atoms with Gasteiger partial charge in [-0.1, -0.05) is 0 Å². The maximum atomic E-state index is 13.3. The van der Waals surface area contributed by atoms with Crippen molar-refractivity contribution >= 4 is 28.8 Å². The van der Waals surface area contributed by atoms with Crippen molar-refractivity contribution in [2.75, 3.05) is 11.4 Å². The lowest BCUT2D eigenvalue weighted by Gasteiger charge is -2.17. The molecule has 5 nitrogen and oxygen atoms in total. The highest BCUT2D eigenvalue weighted by atomic mass is 32.1. The summed E-state index contributed by atoms with van der Waals surface area (Å²) in [5.41, 5.74) is 0.130. The molecule has 2 aromatic rings. The van der Waals surface area contributed by atoms with E-state index in [9.17, 15) is 18.4 Å². The number of carbonyl (C=O) groups is 2. The zero-order valence-electron chi connectivity index (χ0n) is 12.9. The number of amides is 2. The van der Waals surface area contributed by atoms with Gasteiger partial charge in [-0.15, -0.1) is 11.3 Å². The predicted octanol–water partition coefficient (Wildman–Crippen LogP) is 2.40. The van der Waals surface area contributed by atoms with Gasteiger partial charge < -0.3 is 10.2 Å². The van der Waals surface area contributed by atoms with Gasteiger partial charge in [0.1, 0.15) is 11.6 Å². The first-order chi connectivity index (χ1) is 11.4. The minimum Gasteiger partial charge on any atom is -0.351 e. The minimum absolute atomic E-state index is 0.0195. The van der Waals surface area contributed by atoms with Crippen LogP contribution >= 0.6 is 11.3 Å². The van der Waals surface area contributed by atoms with Crippen LogP contribution in [0.3, 0.4) is 0 Å². The number of aromatic nitrogens is 1. The fourth-order valence-electron chi connectivity index (χ4n) is 2.63. The van der Waals surface area contributed by atoms with Gasteiger partial charge in [0.05, 0.1) is 17.5 Å². The number of aryl methyl sites for hydroxylation is 1. The molecule has 2 heterocycles. The topological polar surface area (TPSA) is 62.3 Å². The van der Waals surface area contributed by atoms with E-state index in [-0.39, 0.29) is 30.5 Å². The Hall–Kier alpha value is -2.35. The van der Waals surface area contributed by atoms with E-state index in [0.717, 1.165) is 28.1 Å². The van der Waals surface area contributed by atoms with Gasteiger partial charge in [-0.3, -0.25) is 9.59 Å². The second-order valence-electron chi connectivity index (χ2n) is 5.60. The molecule has 1 unspecified atom stereocenters. The summed E-state index contributed by atoms with van der Waals surface area (Å²) in [7, 11) is 0. The van der Waals surface area contributed by atoms with Gasteiger partial charge in [0.25, 0.3) is 0 Å². The second kappa shape index (κ2) is 6.64. The molecule has 3 rings (SSSR count). The van der Waals surface area contributed by atoms with E-state index in [1.807, 2.05) is 6.92 Å². The van der Waals surface area contributed by atoms with Crippen LogP contribution in [0.4, 0.5) is 14.5 Å². The quantitative estimate of drug-likeness (QED) is 0.920. The molecule has 126 valence electrons. The predicted molar refractivity (Wildman–Crippen MR) is 85.5 cm³/mol. The van der Waals surface area contributed by atoms with Gasteiger partial charge in [-0.05, 0) is 19.1 Å². The molecule has 1 aromatic carbocycles. The Balaban J connectivity index is 1.64. The molecule has 1 N–H and O–H groups in total. The van der Waals surface area contributed by atoms with Crippen LogP contribution in [0.2, 0.25) is 0 Å². The van der Waals surface area contributed by atoms with Gasteiger partial charge in [0, 0.05) is 35.8 Å². The molecule has 8 heteroatoms. The zero-order valence-corrected chi connectivity index (χ0v) is 13.7. The number of hydrogen-bond donors (Lipinski definition) is 1. The maximum Gasteiger partial charge on any atom is 0.227 e. The first kappa shape index (κ1) is 16.5. The third-order valence-electron chi connectivity index (χ3n) is 3.76. The minimum atomic E-state index is -0.758. The Morgan fingerprint density at radius 1 is 1.38 bits per heavy atom. The van der Waals surface area contributed by atoms with E-state index in [2.05, 4.69) is 10.3 Å². The van der Waals surface area contributed by atoms with E-state index in [0.29, 0.717) is 6.54 Å². The number of carbonyl (C=O) groups excluding carboxylic acids is 2. The van der Waals surface area contributed by atoms with Gasteiger partial charge in [-0.2, -0.15) is 0 Å². The molecule has 1 fully saturated rings. The first-order valence-corrected chi connectivity index (χ1v) is 8.19. The fourth-order valence-corrected chi connectivity index (χ4v) is 3.37. The summed E-state index contributed by atoms with van der Waals surface area (Å²) < 4.78 is 26.6. The molecule has 0 bridgehead atoms. The van der Waals surface area contributed by atoms with Crippen LogP contribution in [0.15, 0.2) is 24.4 Å². The normalized spacial score (nSPS) is 17.4. The number of rotatable bonds is 4. The summed E-state index contributed by atoms with van der Waals surface area (Å²) >= 11 is 1.49. The standard InChI is InChI=1S/C16H15F2N3O2S/c1-9-19-6-14(24-9)7-20-16(23)10-2-15(22)21(8-10)13-4-11(17)3-12(18)5-13/h3-6,10H,2,7-8H2,1H3,(H,20,23). The van der Waals surface area contributed by atoms with Crippen LogP contribution in [-0.2, 0) is 16.1 Å². The van der Waals surface area contributed by atoms with Crippen molar-refractivity contribution in [3.63, 3.8) is 0 Å². The summed E-state index contributed by atoms with van der Waals surface area (Å²) in [6, 6.07) is 2.91. The number of hydrogen-bond acceptors (Lipinski definition) is 4. The van der Waals surface area contributed by atoms with Crippen molar-refractivity contribution in [3.8, 4) is 0 Å². The average Bonchev–Trinajstić information content (AvgIpc) is 3.10. The van der Waals surface area contributed by atoms with Crippen molar-refractivity contribution in [3.05, 3.63) is 45.9 Å². The Morgan fingerprint density at radius 2 is 2.08 bits per heavy atom. The molecule has 1 aromatic heterocycles. The third-order valence-corrected chi connectivity index (χ3v) is 4.67. The smallest absolute Gasteiger partial charge is 0.227 e. The van der Waals surface area contributed by atoms with Crippen LogP contribution in [-0.4, -0.2) is 23.3 Å². The molecule has 1 saturated heterocycles. The summed E-state index contributed by atoms with van der Waals surface area (Å²) in [5, 5.41) is 3.69. The largest absolute Gasteiger partial charge is 0.351 e. The molecule has 24 heavy (non-hydrogen) atoms. The Bertz CT molecular complexity index is 773. The van der Waals surface area contributed by atoms with Gasteiger partial charge in [0.2, 0.25) is 11.8 Å². The molecule has 1 aliphatic rings. The van der Waals surface area contributed by atoms with E-state index < -0.39 is 17.6 Å². The number of anilines is 1. The van der Waals surface area contributed by atoms with E-state index in [1.54, 1.807) is 6.20 Å². The number of nitrogens with one attached hydrogen (secondary N) is 1. The molecular weight excluding hydrogens is 336 g/mol. The van der Waals surface area contributed by atoms with Crippen molar-refractivity contribution in [1.82, 2.24) is 10.3 Å². The highest BCUT2D eigenvalue weighted by Crippen LogP contribution is 2.26. The van der Waals surface area contributed by atoms with E-state index in [1.165, 1.54) is 16.2 Å². The number of thiazole rings is 1. The first-order valence-electron chi connectivity index (χ1n) is 7.38. The summed E-state index contributed by atoms with van der Waals surface area (Å²) in [5.74, 6) is -2.64. The SMILES string of the molecule is Cc1ncc(CNC(=O)C2CC(=O)N(c3cc(F)cc(F)c3)C2)s1. The van der Waals surface area contributed by atoms with Crippen LogP contribution in [0.25, 0.3) is 0 Å². The molecule has 0 saturated carbocycles. The lowest BCUT2D eigenvalue weighted by atomic mass is 10.1. The molecule has 2 amide bonds. The molecule has 0 radical (unpaired) electrons. The molecular formula is C16H15F2N3O2S. The summed E-state index contributed by atoms with van der Waals surface area (Å²) in [4.78, 5) is 30.6. The lowest BCUT2D eigenvalue weighted by Crippen LogP contribution is -2.32. The molecule has 1 atom stereocenters. The van der Waals surface area contributed by atoms with Crippen molar-refractivity contribution in [1.29, 1.82) is 0 Å². The van der Waals surface area contributed by atoms with Crippen LogP contribution in [0.5, 0.6) is 0 Å². The van der Waals surface area contributed by atoms with E-state index in [4.69, 9.17) is 0 Å². The van der Waals surface area contributed by atoms with Crippen molar-refractivity contribution < 1.29 is 18.4 Å². The zero-order chi connectivity index (χ0) is 17.3. The second-order valence-corrected chi connectivity index (χ2v) is 6.92. The van der Waals surface area contributed by atoms with Crippen molar-refractivity contribution in [2.24, 2.45) is 5.92 Å². The summed E-state index contributed by atoms with van der Waals surface area (Å²) in [6.45, 7) is 2.33. The van der Waals surface area contributed by atoms with E-state index >= 15 is 0 Å². The average molecular weight is 351 g/mol.